The van der Waals surface area contributed by atoms with Crippen LogP contribution in [0.3, 0.4) is 0 Å². The standard InChI is InChI=1S/C21H22N4OS2/c1-4-15(3)27-20-23-22-19(25(20)16-10-6-5-9-14(16)2)13-24-17-11-7-8-12-18(17)28-21(24)26/h5-12,15H,4,13H2,1-3H3/t15-/m1/s1. The number of aryl methyl sites for hydroxylation is 1. The van der Waals surface area contributed by atoms with Crippen LogP contribution in [0.2, 0.25) is 0 Å². The largest absolute Gasteiger partial charge is 0.308 e. The highest BCUT2D eigenvalue weighted by atomic mass is 32.2. The van der Waals surface area contributed by atoms with Gasteiger partial charge in [0.15, 0.2) is 11.0 Å². The summed E-state index contributed by atoms with van der Waals surface area (Å²) in [5.74, 6) is 0.769. The Balaban J connectivity index is 1.84. The fraction of sp³-hybridized carbons (Fsp3) is 0.286. The van der Waals surface area contributed by atoms with Crippen LogP contribution in [0.25, 0.3) is 15.9 Å². The van der Waals surface area contributed by atoms with Crippen molar-refractivity contribution in [3.05, 3.63) is 69.6 Å². The quantitative estimate of drug-likeness (QED) is 0.425. The smallest absolute Gasteiger partial charge is 0.291 e. The molecule has 1 atom stereocenters. The maximum atomic E-state index is 12.6. The summed E-state index contributed by atoms with van der Waals surface area (Å²) in [7, 11) is 0. The molecule has 0 aliphatic heterocycles. The highest BCUT2D eigenvalue weighted by Crippen LogP contribution is 2.29. The van der Waals surface area contributed by atoms with Crippen molar-refractivity contribution in [3.63, 3.8) is 0 Å². The summed E-state index contributed by atoms with van der Waals surface area (Å²) in [4.78, 5) is 12.6. The molecule has 2 aromatic carbocycles. The van der Waals surface area contributed by atoms with E-state index in [1.54, 1.807) is 16.3 Å². The van der Waals surface area contributed by atoms with E-state index >= 15 is 0 Å². The first-order valence-corrected chi connectivity index (χ1v) is 11.0. The van der Waals surface area contributed by atoms with E-state index in [0.29, 0.717) is 11.8 Å². The monoisotopic (exact) mass is 410 g/mol. The zero-order valence-electron chi connectivity index (χ0n) is 16.1. The minimum atomic E-state index is 0.0247. The van der Waals surface area contributed by atoms with Gasteiger partial charge >= 0.3 is 4.87 Å². The van der Waals surface area contributed by atoms with Crippen LogP contribution in [0, 0.1) is 6.92 Å². The first-order chi connectivity index (χ1) is 13.6. The van der Waals surface area contributed by atoms with Crippen molar-refractivity contribution in [2.45, 2.75) is 44.1 Å². The third kappa shape index (κ3) is 3.52. The predicted octanol–water partition coefficient (Wildman–Crippen LogP) is 4.89. The molecule has 0 radical (unpaired) electrons. The van der Waals surface area contributed by atoms with Gasteiger partial charge in [-0.15, -0.1) is 10.2 Å². The molecule has 0 amide bonds. The first kappa shape index (κ1) is 19.0. The predicted molar refractivity (Wildman–Crippen MR) is 117 cm³/mol. The van der Waals surface area contributed by atoms with E-state index in [-0.39, 0.29) is 4.87 Å². The molecule has 0 fully saturated rings. The van der Waals surface area contributed by atoms with Gasteiger partial charge in [0.1, 0.15) is 0 Å². The number of fused-ring (bicyclic) bond motifs is 1. The maximum absolute atomic E-state index is 12.6. The van der Waals surface area contributed by atoms with Crippen LogP contribution in [0.1, 0.15) is 31.7 Å². The summed E-state index contributed by atoms with van der Waals surface area (Å²) in [6, 6.07) is 16.1. The van der Waals surface area contributed by atoms with Gasteiger partial charge < -0.3 is 0 Å². The molecule has 7 heteroatoms. The van der Waals surface area contributed by atoms with Gasteiger partial charge in [0.25, 0.3) is 0 Å². The molecule has 5 nitrogen and oxygen atoms in total. The Morgan fingerprint density at radius 2 is 1.86 bits per heavy atom. The van der Waals surface area contributed by atoms with E-state index < -0.39 is 0 Å². The van der Waals surface area contributed by atoms with Crippen molar-refractivity contribution in [1.29, 1.82) is 0 Å². The second-order valence-corrected chi connectivity index (χ2v) is 9.18. The van der Waals surface area contributed by atoms with Crippen LogP contribution in [0.15, 0.2) is 58.5 Å². The number of nitrogens with zero attached hydrogens (tertiary/aromatic N) is 4. The fourth-order valence-electron chi connectivity index (χ4n) is 3.10. The molecule has 4 rings (SSSR count). The lowest BCUT2D eigenvalue weighted by Crippen LogP contribution is -2.17. The summed E-state index contributed by atoms with van der Waals surface area (Å²) < 4.78 is 4.88. The highest BCUT2D eigenvalue weighted by molar-refractivity contribution is 7.99. The SMILES string of the molecule is CC[C@@H](C)Sc1nnc(Cn2c(=O)sc3ccccc32)n1-c1ccccc1C. The van der Waals surface area contributed by atoms with Crippen molar-refractivity contribution in [1.82, 2.24) is 19.3 Å². The number of thioether (sulfide) groups is 1. The number of hydrogen-bond donors (Lipinski definition) is 0. The third-order valence-electron chi connectivity index (χ3n) is 4.81. The van der Waals surface area contributed by atoms with Crippen molar-refractivity contribution >= 4 is 33.3 Å². The zero-order valence-corrected chi connectivity index (χ0v) is 17.8. The van der Waals surface area contributed by atoms with E-state index in [9.17, 15) is 4.79 Å². The molecule has 0 N–H and O–H groups in total. The minimum absolute atomic E-state index is 0.0247. The molecule has 0 spiro atoms. The molecule has 0 bridgehead atoms. The Kier molecular flexibility index (Phi) is 5.37. The molecule has 2 heterocycles. The summed E-state index contributed by atoms with van der Waals surface area (Å²) in [5, 5.41) is 10.3. The van der Waals surface area contributed by atoms with E-state index in [2.05, 4.69) is 47.7 Å². The van der Waals surface area contributed by atoms with Crippen LogP contribution in [-0.2, 0) is 6.54 Å². The second kappa shape index (κ2) is 7.93. The van der Waals surface area contributed by atoms with Gasteiger partial charge in [0.2, 0.25) is 0 Å². The molecule has 2 aromatic heterocycles. The molecule has 0 aliphatic carbocycles. The van der Waals surface area contributed by atoms with E-state index in [1.165, 1.54) is 11.3 Å². The Morgan fingerprint density at radius 3 is 2.64 bits per heavy atom. The lowest BCUT2D eigenvalue weighted by Gasteiger charge is -2.14. The van der Waals surface area contributed by atoms with Crippen LogP contribution < -0.4 is 4.87 Å². The van der Waals surface area contributed by atoms with Gasteiger partial charge in [-0.1, -0.05) is 67.3 Å². The molecule has 0 saturated carbocycles. The lowest BCUT2D eigenvalue weighted by molar-refractivity contribution is 0.723. The van der Waals surface area contributed by atoms with Crippen molar-refractivity contribution in [2.24, 2.45) is 0 Å². The molecule has 0 unspecified atom stereocenters. The van der Waals surface area contributed by atoms with Gasteiger partial charge in [-0.3, -0.25) is 13.9 Å². The van der Waals surface area contributed by atoms with Crippen LogP contribution in [0.5, 0.6) is 0 Å². The number of rotatable bonds is 6. The van der Waals surface area contributed by atoms with Gasteiger partial charge in [-0.05, 0) is 37.1 Å². The van der Waals surface area contributed by atoms with Crippen LogP contribution in [0.4, 0.5) is 0 Å². The second-order valence-electron chi connectivity index (χ2n) is 6.78. The Labute approximate surface area is 172 Å². The molecule has 28 heavy (non-hydrogen) atoms. The van der Waals surface area contributed by atoms with Crippen LogP contribution in [-0.4, -0.2) is 24.6 Å². The molecular weight excluding hydrogens is 388 g/mol. The van der Waals surface area contributed by atoms with Crippen molar-refractivity contribution in [3.8, 4) is 5.69 Å². The Bertz CT molecular complexity index is 1170. The van der Waals surface area contributed by atoms with Gasteiger partial charge in [0, 0.05) is 5.25 Å². The lowest BCUT2D eigenvalue weighted by atomic mass is 10.2. The number of hydrogen-bond acceptors (Lipinski definition) is 5. The molecular formula is C21H22N4OS2. The molecule has 0 saturated heterocycles. The number of para-hydroxylation sites is 2. The number of benzene rings is 2. The normalized spacial score (nSPS) is 12.5. The third-order valence-corrected chi connectivity index (χ3v) is 6.98. The average molecular weight is 411 g/mol. The summed E-state index contributed by atoms with van der Waals surface area (Å²) in [6.45, 7) is 6.84. The topological polar surface area (TPSA) is 52.7 Å². The van der Waals surface area contributed by atoms with E-state index in [0.717, 1.165) is 38.9 Å². The highest BCUT2D eigenvalue weighted by Gasteiger charge is 2.19. The minimum Gasteiger partial charge on any atom is -0.291 e. The average Bonchev–Trinajstić information content (AvgIpc) is 3.23. The molecule has 4 aromatic rings. The fourth-order valence-corrected chi connectivity index (χ4v) is 4.92. The van der Waals surface area contributed by atoms with E-state index in [4.69, 9.17) is 0 Å². The zero-order chi connectivity index (χ0) is 19.7. The number of thiazole rings is 1. The first-order valence-electron chi connectivity index (χ1n) is 9.33. The molecule has 0 aliphatic rings. The summed E-state index contributed by atoms with van der Waals surface area (Å²) >= 11 is 2.99. The van der Waals surface area contributed by atoms with Crippen LogP contribution >= 0.6 is 23.1 Å². The Morgan fingerprint density at radius 1 is 1.11 bits per heavy atom. The number of aromatic nitrogens is 4. The summed E-state index contributed by atoms with van der Waals surface area (Å²) in [6.07, 6.45) is 1.05. The maximum Gasteiger partial charge on any atom is 0.308 e. The van der Waals surface area contributed by atoms with Gasteiger partial charge in [-0.25, -0.2) is 0 Å². The van der Waals surface area contributed by atoms with Gasteiger partial charge in [0.05, 0.1) is 22.4 Å². The Hall–Kier alpha value is -2.38. The molecule has 144 valence electrons. The van der Waals surface area contributed by atoms with Gasteiger partial charge in [-0.2, -0.15) is 0 Å². The summed E-state index contributed by atoms with van der Waals surface area (Å²) in [5.41, 5.74) is 3.14. The van der Waals surface area contributed by atoms with Crippen molar-refractivity contribution in [2.75, 3.05) is 0 Å². The van der Waals surface area contributed by atoms with Crippen molar-refractivity contribution < 1.29 is 0 Å². The van der Waals surface area contributed by atoms with E-state index in [1.807, 2.05) is 36.4 Å².